The highest BCUT2D eigenvalue weighted by molar-refractivity contribution is 6.31. The SMILES string of the molecule is CCC(CCc1ccc(OC)cc1Cl)C(c1nc2cnncc2[nH]1)C1CC1. The van der Waals surface area contributed by atoms with Crippen LogP contribution in [-0.2, 0) is 6.42 Å². The third-order valence-electron chi connectivity index (χ3n) is 5.74. The predicted octanol–water partition coefficient (Wildman–Crippen LogP) is 5.17. The van der Waals surface area contributed by atoms with Crippen molar-refractivity contribution in [1.29, 1.82) is 0 Å². The summed E-state index contributed by atoms with van der Waals surface area (Å²) in [4.78, 5) is 8.34. The van der Waals surface area contributed by atoms with E-state index in [-0.39, 0.29) is 0 Å². The Morgan fingerprint density at radius 2 is 2.07 bits per heavy atom. The smallest absolute Gasteiger partial charge is 0.120 e. The number of H-pyrrole nitrogens is 1. The number of methoxy groups -OCH3 is 1. The number of aromatic amines is 1. The lowest BCUT2D eigenvalue weighted by molar-refractivity contribution is 0.342. The zero-order valence-corrected chi connectivity index (χ0v) is 16.5. The van der Waals surface area contributed by atoms with Crippen LogP contribution in [0.25, 0.3) is 11.0 Å². The average molecular weight is 385 g/mol. The molecule has 0 spiro atoms. The van der Waals surface area contributed by atoms with Gasteiger partial charge in [-0.2, -0.15) is 10.2 Å². The molecule has 1 saturated carbocycles. The molecule has 2 atom stereocenters. The Balaban J connectivity index is 1.54. The molecule has 0 amide bonds. The third kappa shape index (κ3) is 3.93. The molecule has 142 valence electrons. The largest absolute Gasteiger partial charge is 0.497 e. The summed E-state index contributed by atoms with van der Waals surface area (Å²) in [6.45, 7) is 2.28. The van der Waals surface area contributed by atoms with E-state index in [1.807, 2.05) is 12.1 Å². The lowest BCUT2D eigenvalue weighted by Crippen LogP contribution is -2.17. The average Bonchev–Trinajstić information content (AvgIpc) is 3.43. The first-order valence-electron chi connectivity index (χ1n) is 9.68. The molecule has 0 saturated heterocycles. The maximum Gasteiger partial charge on any atom is 0.120 e. The van der Waals surface area contributed by atoms with E-state index >= 15 is 0 Å². The number of imidazole rings is 1. The molecule has 1 aliphatic carbocycles. The van der Waals surface area contributed by atoms with Crippen molar-refractivity contribution in [3.63, 3.8) is 0 Å². The minimum absolute atomic E-state index is 0.458. The molecule has 27 heavy (non-hydrogen) atoms. The number of aryl methyl sites for hydroxylation is 1. The summed E-state index contributed by atoms with van der Waals surface area (Å²) in [5.41, 5.74) is 3.06. The number of ether oxygens (including phenoxy) is 1. The number of fused-ring (bicyclic) bond motifs is 1. The molecular formula is C21H25ClN4O. The van der Waals surface area contributed by atoms with Crippen LogP contribution in [-0.4, -0.2) is 27.3 Å². The minimum atomic E-state index is 0.458. The van der Waals surface area contributed by atoms with E-state index in [4.69, 9.17) is 21.3 Å². The summed E-state index contributed by atoms with van der Waals surface area (Å²) in [5, 5.41) is 8.70. The van der Waals surface area contributed by atoms with Crippen LogP contribution in [0.2, 0.25) is 5.02 Å². The van der Waals surface area contributed by atoms with E-state index in [0.29, 0.717) is 11.8 Å². The molecule has 2 heterocycles. The van der Waals surface area contributed by atoms with Crippen LogP contribution in [0.15, 0.2) is 30.6 Å². The number of hydrogen-bond acceptors (Lipinski definition) is 4. The topological polar surface area (TPSA) is 63.7 Å². The standard InChI is InChI=1S/C21H25ClN4O/c1-3-13(4-5-14-8-9-16(27-2)10-17(14)22)20(15-6-7-15)21-25-18-11-23-24-12-19(18)26-21/h8-13,15,20H,3-7H2,1-2H3,(H,25,26). The van der Waals surface area contributed by atoms with Gasteiger partial charge in [0.25, 0.3) is 0 Å². The highest BCUT2D eigenvalue weighted by Crippen LogP contribution is 2.48. The van der Waals surface area contributed by atoms with Crippen molar-refractivity contribution in [2.24, 2.45) is 11.8 Å². The van der Waals surface area contributed by atoms with Gasteiger partial charge in [-0.25, -0.2) is 4.98 Å². The summed E-state index contributed by atoms with van der Waals surface area (Å²) in [6.07, 6.45) is 9.26. The van der Waals surface area contributed by atoms with Crippen LogP contribution in [0.3, 0.4) is 0 Å². The fourth-order valence-corrected chi connectivity index (χ4v) is 4.34. The number of aromatic nitrogens is 4. The predicted molar refractivity (Wildman–Crippen MR) is 107 cm³/mol. The number of rotatable bonds is 8. The lowest BCUT2D eigenvalue weighted by atomic mass is 9.81. The second kappa shape index (κ2) is 7.85. The summed E-state index contributed by atoms with van der Waals surface area (Å²) in [7, 11) is 1.66. The first-order chi connectivity index (χ1) is 13.2. The van der Waals surface area contributed by atoms with Gasteiger partial charge >= 0.3 is 0 Å². The second-order valence-corrected chi connectivity index (χ2v) is 7.84. The quantitative estimate of drug-likeness (QED) is 0.582. The highest BCUT2D eigenvalue weighted by Gasteiger charge is 2.38. The summed E-state index contributed by atoms with van der Waals surface area (Å²) in [6, 6.07) is 5.97. The van der Waals surface area contributed by atoms with Crippen molar-refractivity contribution in [2.45, 2.75) is 44.9 Å². The van der Waals surface area contributed by atoms with Crippen molar-refractivity contribution in [1.82, 2.24) is 20.2 Å². The van der Waals surface area contributed by atoms with E-state index < -0.39 is 0 Å². The Morgan fingerprint density at radius 1 is 1.26 bits per heavy atom. The normalized spacial score (nSPS) is 16.4. The first kappa shape index (κ1) is 18.2. The molecule has 5 nitrogen and oxygen atoms in total. The van der Waals surface area contributed by atoms with Gasteiger partial charge in [0.05, 0.1) is 25.0 Å². The van der Waals surface area contributed by atoms with Crippen molar-refractivity contribution in [3.05, 3.63) is 47.0 Å². The number of nitrogens with zero attached hydrogens (tertiary/aromatic N) is 3. The van der Waals surface area contributed by atoms with Gasteiger partial charge in [-0.3, -0.25) is 0 Å². The van der Waals surface area contributed by atoms with Crippen LogP contribution in [0.4, 0.5) is 0 Å². The van der Waals surface area contributed by atoms with Crippen molar-refractivity contribution in [2.75, 3.05) is 7.11 Å². The molecule has 2 aromatic heterocycles. The van der Waals surface area contributed by atoms with Gasteiger partial charge in [-0.05, 0) is 55.2 Å². The van der Waals surface area contributed by atoms with Crippen molar-refractivity contribution in [3.8, 4) is 5.75 Å². The molecule has 1 fully saturated rings. The fraction of sp³-hybridized carbons (Fsp3) is 0.476. The van der Waals surface area contributed by atoms with Gasteiger partial charge in [0, 0.05) is 10.9 Å². The molecule has 3 aromatic rings. The minimum Gasteiger partial charge on any atom is -0.497 e. The number of nitrogens with one attached hydrogen (secondary N) is 1. The van der Waals surface area contributed by atoms with Gasteiger partial charge in [0.15, 0.2) is 0 Å². The van der Waals surface area contributed by atoms with E-state index in [1.165, 1.54) is 18.4 Å². The van der Waals surface area contributed by atoms with Crippen molar-refractivity contribution < 1.29 is 4.74 Å². The monoisotopic (exact) mass is 384 g/mol. The van der Waals surface area contributed by atoms with Gasteiger partial charge in [-0.15, -0.1) is 0 Å². The van der Waals surface area contributed by atoms with E-state index in [1.54, 1.807) is 19.5 Å². The Hall–Kier alpha value is -2.14. The van der Waals surface area contributed by atoms with E-state index in [9.17, 15) is 0 Å². The maximum atomic E-state index is 6.45. The molecule has 0 aliphatic heterocycles. The lowest BCUT2D eigenvalue weighted by Gasteiger charge is -2.25. The van der Waals surface area contributed by atoms with E-state index in [0.717, 1.165) is 52.8 Å². The van der Waals surface area contributed by atoms with Crippen LogP contribution in [0, 0.1) is 11.8 Å². The molecule has 6 heteroatoms. The summed E-state index contributed by atoms with van der Waals surface area (Å²) >= 11 is 6.45. The number of halogens is 1. The zero-order valence-electron chi connectivity index (χ0n) is 15.8. The Bertz CT molecular complexity index is 888. The van der Waals surface area contributed by atoms with Gasteiger partial charge in [0.1, 0.15) is 17.1 Å². The summed E-state index contributed by atoms with van der Waals surface area (Å²) < 4.78 is 5.25. The highest BCUT2D eigenvalue weighted by atomic mass is 35.5. The molecule has 0 bridgehead atoms. The van der Waals surface area contributed by atoms with Crippen molar-refractivity contribution >= 4 is 22.6 Å². The molecular weight excluding hydrogens is 360 g/mol. The van der Waals surface area contributed by atoms with Gasteiger partial charge in [-0.1, -0.05) is 31.0 Å². The van der Waals surface area contributed by atoms with Crippen LogP contribution in [0.1, 0.15) is 49.9 Å². The van der Waals surface area contributed by atoms with Crippen LogP contribution < -0.4 is 4.74 Å². The fourth-order valence-electron chi connectivity index (χ4n) is 4.08. The molecule has 0 radical (unpaired) electrons. The molecule has 1 N–H and O–H groups in total. The Kier molecular flexibility index (Phi) is 5.30. The molecule has 1 aromatic carbocycles. The Labute approximate surface area is 164 Å². The van der Waals surface area contributed by atoms with Gasteiger partial charge in [0.2, 0.25) is 0 Å². The first-order valence-corrected chi connectivity index (χ1v) is 10.1. The van der Waals surface area contributed by atoms with Crippen LogP contribution in [0.5, 0.6) is 5.75 Å². The summed E-state index contributed by atoms with van der Waals surface area (Å²) in [5.74, 6) is 3.64. The maximum absolute atomic E-state index is 6.45. The van der Waals surface area contributed by atoms with Crippen LogP contribution >= 0.6 is 11.6 Å². The Morgan fingerprint density at radius 3 is 2.74 bits per heavy atom. The van der Waals surface area contributed by atoms with Gasteiger partial charge < -0.3 is 9.72 Å². The molecule has 1 aliphatic rings. The number of benzene rings is 1. The van der Waals surface area contributed by atoms with E-state index in [2.05, 4.69) is 28.2 Å². The number of hydrogen-bond donors (Lipinski definition) is 1. The second-order valence-electron chi connectivity index (χ2n) is 7.44. The zero-order chi connectivity index (χ0) is 18.8. The third-order valence-corrected chi connectivity index (χ3v) is 6.09. The molecule has 4 rings (SSSR count). The molecule has 2 unspecified atom stereocenters.